The van der Waals surface area contributed by atoms with Gasteiger partial charge in [-0.3, -0.25) is 9.58 Å². The van der Waals surface area contributed by atoms with Crippen LogP contribution in [0, 0.1) is 0 Å². The van der Waals surface area contributed by atoms with Gasteiger partial charge in [-0.2, -0.15) is 5.10 Å². The fourth-order valence-electron chi connectivity index (χ4n) is 3.89. The van der Waals surface area contributed by atoms with Crippen LogP contribution >= 0.6 is 0 Å². The van der Waals surface area contributed by atoms with Gasteiger partial charge >= 0.3 is 0 Å². The van der Waals surface area contributed by atoms with Gasteiger partial charge in [0.25, 0.3) is 0 Å². The quantitative estimate of drug-likeness (QED) is 0.903. The van der Waals surface area contributed by atoms with E-state index in [-0.39, 0.29) is 4.90 Å². The maximum absolute atomic E-state index is 12.2. The smallest absolute Gasteiger partial charge is 0.243 e. The van der Waals surface area contributed by atoms with Gasteiger partial charge in [-0.1, -0.05) is 24.3 Å². The molecule has 2 unspecified atom stereocenters. The molecule has 122 valence electrons. The Labute approximate surface area is 136 Å². The molecule has 0 amide bonds. The zero-order valence-electron chi connectivity index (χ0n) is 13.0. The number of aromatic nitrogens is 2. The number of rotatable bonds is 5. The lowest BCUT2D eigenvalue weighted by Crippen LogP contribution is -2.33. The second kappa shape index (κ2) is 5.43. The second-order valence-electron chi connectivity index (χ2n) is 6.22. The number of hydrogen-bond donors (Lipinski definition) is 1. The van der Waals surface area contributed by atoms with E-state index in [0.717, 1.165) is 19.4 Å². The molecule has 1 aromatic carbocycles. The molecule has 3 heterocycles. The van der Waals surface area contributed by atoms with Crippen molar-refractivity contribution in [1.29, 1.82) is 0 Å². The maximum atomic E-state index is 12.2. The third-order valence-electron chi connectivity index (χ3n) is 4.88. The molecule has 7 heteroatoms. The van der Waals surface area contributed by atoms with Crippen molar-refractivity contribution in [2.24, 2.45) is 7.05 Å². The Kier molecular flexibility index (Phi) is 3.51. The van der Waals surface area contributed by atoms with Crippen molar-refractivity contribution in [3.8, 4) is 0 Å². The summed E-state index contributed by atoms with van der Waals surface area (Å²) < 4.78 is 28.6. The summed E-state index contributed by atoms with van der Waals surface area (Å²) in [7, 11) is -1.77. The monoisotopic (exact) mass is 332 g/mol. The molecule has 6 nitrogen and oxygen atoms in total. The van der Waals surface area contributed by atoms with Crippen molar-refractivity contribution in [1.82, 2.24) is 19.4 Å². The highest BCUT2D eigenvalue weighted by molar-refractivity contribution is 7.89. The lowest BCUT2D eigenvalue weighted by Gasteiger charge is -2.22. The minimum Gasteiger partial charge on any atom is -0.288 e. The van der Waals surface area contributed by atoms with Gasteiger partial charge in [-0.05, 0) is 24.0 Å². The number of benzene rings is 1. The molecule has 0 aliphatic carbocycles. The number of aryl methyl sites for hydroxylation is 1. The first kappa shape index (κ1) is 14.9. The zero-order valence-corrected chi connectivity index (χ0v) is 13.8. The third kappa shape index (κ3) is 2.49. The Morgan fingerprint density at radius 3 is 2.43 bits per heavy atom. The molecule has 0 saturated carbocycles. The summed E-state index contributed by atoms with van der Waals surface area (Å²) in [5, 5.41) is 3.92. The van der Waals surface area contributed by atoms with Crippen LogP contribution in [-0.4, -0.2) is 36.2 Å². The van der Waals surface area contributed by atoms with Crippen LogP contribution in [0.4, 0.5) is 0 Å². The molecule has 2 bridgehead atoms. The summed E-state index contributed by atoms with van der Waals surface area (Å²) in [5.41, 5.74) is 2.83. The molecule has 2 aliphatic rings. The Bertz CT molecular complexity index is 799. The van der Waals surface area contributed by atoms with Crippen molar-refractivity contribution >= 4 is 10.0 Å². The van der Waals surface area contributed by atoms with Crippen LogP contribution in [0.3, 0.4) is 0 Å². The number of fused-ring (bicyclic) bond motifs is 5. The number of sulfonamides is 1. The fourth-order valence-corrected chi connectivity index (χ4v) is 4.90. The molecule has 1 fully saturated rings. The van der Waals surface area contributed by atoms with E-state index in [9.17, 15) is 8.42 Å². The Hall–Kier alpha value is -1.70. The van der Waals surface area contributed by atoms with E-state index < -0.39 is 10.0 Å². The van der Waals surface area contributed by atoms with Crippen molar-refractivity contribution < 1.29 is 8.42 Å². The number of nitrogens with one attached hydrogen (secondary N) is 1. The highest BCUT2D eigenvalue weighted by Gasteiger charge is 2.42. The van der Waals surface area contributed by atoms with Gasteiger partial charge in [0.15, 0.2) is 0 Å². The minimum atomic E-state index is -3.47. The first-order valence-corrected chi connectivity index (χ1v) is 9.37. The van der Waals surface area contributed by atoms with Crippen molar-refractivity contribution in [3.05, 3.63) is 47.8 Å². The topological polar surface area (TPSA) is 67.2 Å². The summed E-state index contributed by atoms with van der Waals surface area (Å²) in [6, 6.07) is 9.46. The van der Waals surface area contributed by atoms with Crippen molar-refractivity contribution in [2.45, 2.75) is 29.8 Å². The predicted molar refractivity (Wildman–Crippen MR) is 86.3 cm³/mol. The molecule has 2 aromatic rings. The molecule has 0 spiro atoms. The first-order chi connectivity index (χ1) is 11.1. The third-order valence-corrected chi connectivity index (χ3v) is 6.30. The van der Waals surface area contributed by atoms with Gasteiger partial charge in [0.1, 0.15) is 4.90 Å². The van der Waals surface area contributed by atoms with Crippen LogP contribution in [0.5, 0.6) is 0 Å². The van der Waals surface area contributed by atoms with E-state index in [0.29, 0.717) is 18.6 Å². The van der Waals surface area contributed by atoms with Crippen LogP contribution in [0.1, 0.15) is 36.1 Å². The largest absolute Gasteiger partial charge is 0.288 e. The molecule has 23 heavy (non-hydrogen) atoms. The summed E-state index contributed by atoms with van der Waals surface area (Å²) in [6.07, 6.45) is 5.21. The second-order valence-corrected chi connectivity index (χ2v) is 7.99. The summed E-state index contributed by atoms with van der Waals surface area (Å²) in [5.74, 6) is 0. The average molecular weight is 332 g/mol. The van der Waals surface area contributed by atoms with Crippen molar-refractivity contribution in [2.75, 3.05) is 13.1 Å². The normalized spacial score (nSPS) is 23.3. The molecule has 1 aromatic heterocycles. The predicted octanol–water partition coefficient (Wildman–Crippen LogP) is 1.59. The molecule has 1 N–H and O–H groups in total. The standard InChI is InChI=1S/C16H20N4O2S/c1-19-11-12(10-17-19)23(21,22)18-8-9-20-15-6-7-16(20)14-5-3-2-4-13(14)15/h2-5,10-11,15-16,18H,6-9H2,1H3. The SMILES string of the molecule is Cn1cc(S(=O)(=O)NCCN2C3CCC2c2ccccc23)cn1. The van der Waals surface area contributed by atoms with Gasteiger partial charge in [0.2, 0.25) is 10.0 Å². The molecule has 4 rings (SSSR count). The molecular formula is C16H20N4O2S. The van der Waals surface area contributed by atoms with Gasteiger partial charge in [0, 0.05) is 38.4 Å². The average Bonchev–Trinajstić information content (AvgIpc) is 3.22. The lowest BCUT2D eigenvalue weighted by molar-refractivity contribution is 0.228. The number of hydrogen-bond acceptors (Lipinski definition) is 4. The van der Waals surface area contributed by atoms with E-state index in [1.165, 1.54) is 28.2 Å². The first-order valence-electron chi connectivity index (χ1n) is 7.89. The van der Waals surface area contributed by atoms with Gasteiger partial charge in [-0.15, -0.1) is 0 Å². The summed E-state index contributed by atoms with van der Waals surface area (Å²) in [4.78, 5) is 2.64. The summed E-state index contributed by atoms with van der Waals surface area (Å²) >= 11 is 0. The van der Waals surface area contributed by atoms with Crippen LogP contribution < -0.4 is 4.72 Å². The van der Waals surface area contributed by atoms with E-state index in [1.807, 2.05) is 0 Å². The highest BCUT2D eigenvalue weighted by Crippen LogP contribution is 2.52. The molecule has 2 aliphatic heterocycles. The van der Waals surface area contributed by atoms with Gasteiger partial charge in [-0.25, -0.2) is 13.1 Å². The van der Waals surface area contributed by atoms with E-state index >= 15 is 0 Å². The Balaban J connectivity index is 1.42. The van der Waals surface area contributed by atoms with E-state index in [2.05, 4.69) is 39.0 Å². The Morgan fingerprint density at radius 1 is 1.22 bits per heavy atom. The summed E-state index contributed by atoms with van der Waals surface area (Å²) in [6.45, 7) is 1.14. The van der Waals surface area contributed by atoms with Crippen molar-refractivity contribution in [3.63, 3.8) is 0 Å². The minimum absolute atomic E-state index is 0.215. The fraction of sp³-hybridized carbons (Fsp3) is 0.438. The Morgan fingerprint density at radius 2 is 1.87 bits per heavy atom. The van der Waals surface area contributed by atoms with Gasteiger partial charge in [0.05, 0.1) is 6.20 Å². The molecular weight excluding hydrogens is 312 g/mol. The zero-order chi connectivity index (χ0) is 16.0. The molecule has 1 saturated heterocycles. The lowest BCUT2D eigenvalue weighted by atomic mass is 9.92. The van der Waals surface area contributed by atoms with Crippen LogP contribution in [-0.2, 0) is 17.1 Å². The van der Waals surface area contributed by atoms with E-state index in [1.54, 1.807) is 7.05 Å². The molecule has 0 radical (unpaired) electrons. The van der Waals surface area contributed by atoms with Gasteiger partial charge < -0.3 is 0 Å². The number of nitrogens with zero attached hydrogens (tertiary/aromatic N) is 3. The molecule has 2 atom stereocenters. The maximum Gasteiger partial charge on any atom is 0.243 e. The highest BCUT2D eigenvalue weighted by atomic mass is 32.2. The van der Waals surface area contributed by atoms with Crippen LogP contribution in [0.15, 0.2) is 41.6 Å². The van der Waals surface area contributed by atoms with Crippen LogP contribution in [0.25, 0.3) is 0 Å². The van der Waals surface area contributed by atoms with Crippen LogP contribution in [0.2, 0.25) is 0 Å². The van der Waals surface area contributed by atoms with E-state index in [4.69, 9.17) is 0 Å².